The molecule has 8 heteroatoms. The molecule has 0 radical (unpaired) electrons. The molecule has 4 aromatic rings. The van der Waals surface area contributed by atoms with E-state index in [1.165, 1.54) is 6.92 Å². The maximum atomic E-state index is 11.0. The molecule has 1 amide bonds. The number of nitrogens with zero attached hydrogens (tertiary/aromatic N) is 4. The van der Waals surface area contributed by atoms with E-state index in [4.69, 9.17) is 9.97 Å². The lowest BCUT2D eigenvalue weighted by Gasteiger charge is -2.08. The van der Waals surface area contributed by atoms with Gasteiger partial charge in [-0.3, -0.25) is 9.78 Å². The average Bonchev–Trinajstić information content (AvgIpc) is 3.22. The third kappa shape index (κ3) is 5.78. The van der Waals surface area contributed by atoms with Crippen molar-refractivity contribution in [2.75, 3.05) is 11.9 Å². The highest BCUT2D eigenvalue weighted by Crippen LogP contribution is 2.34. The van der Waals surface area contributed by atoms with Crippen molar-refractivity contribution in [3.63, 3.8) is 0 Å². The van der Waals surface area contributed by atoms with E-state index in [-0.39, 0.29) is 5.91 Å². The largest absolute Gasteiger partial charge is 0.356 e. The second-order valence-corrected chi connectivity index (χ2v) is 8.64. The Hall–Kier alpha value is -3.65. The van der Waals surface area contributed by atoms with Crippen LogP contribution in [0.25, 0.3) is 21.1 Å². The molecule has 3 aromatic heterocycles. The monoisotopic (exact) mass is 458 g/mol. The van der Waals surface area contributed by atoms with E-state index in [1.807, 2.05) is 49.5 Å². The van der Waals surface area contributed by atoms with E-state index in [9.17, 15) is 4.79 Å². The smallest absolute Gasteiger partial charge is 0.227 e. The maximum Gasteiger partial charge on any atom is 0.227 e. The van der Waals surface area contributed by atoms with Crippen LogP contribution in [-0.4, -0.2) is 32.4 Å². The van der Waals surface area contributed by atoms with Crippen LogP contribution in [0.15, 0.2) is 54.9 Å². The summed E-state index contributed by atoms with van der Waals surface area (Å²) >= 11 is 1.62. The molecule has 7 nitrogen and oxygen atoms in total. The number of carbonyl (C=O) groups excluding carboxylic acids is 1. The van der Waals surface area contributed by atoms with Gasteiger partial charge in [0.25, 0.3) is 0 Å². The normalized spacial score (nSPS) is 10.8. The van der Waals surface area contributed by atoms with Crippen molar-refractivity contribution in [2.24, 2.45) is 0 Å². The highest BCUT2D eigenvalue weighted by Gasteiger charge is 2.14. The molecule has 0 fully saturated rings. The fourth-order valence-corrected chi connectivity index (χ4v) is 4.41. The summed E-state index contributed by atoms with van der Waals surface area (Å²) in [7, 11) is 0. The van der Waals surface area contributed by atoms with Gasteiger partial charge in [-0.15, -0.1) is 11.3 Å². The lowest BCUT2D eigenvalue weighted by atomic mass is 10.1. The number of aryl methyl sites for hydroxylation is 2. The standard InChI is InChI=1S/C25H26N6OS/c1-4-20-15-19(10-13-27-20)24-29-16(2)23(33-24)22-11-14-28-25(31-22)30-21-7-5-18(6-8-21)9-12-26-17(3)32/h5-8,10-11,13-15H,4,9,12H2,1-3H3,(H,26,32)(H,28,30,31). The number of rotatable bonds is 8. The van der Waals surface area contributed by atoms with Crippen molar-refractivity contribution < 1.29 is 4.79 Å². The molecule has 33 heavy (non-hydrogen) atoms. The first-order valence-electron chi connectivity index (χ1n) is 10.9. The Morgan fingerprint density at radius 3 is 2.58 bits per heavy atom. The van der Waals surface area contributed by atoms with Crippen LogP contribution < -0.4 is 10.6 Å². The zero-order chi connectivity index (χ0) is 23.2. The van der Waals surface area contributed by atoms with Crippen LogP contribution in [-0.2, 0) is 17.6 Å². The van der Waals surface area contributed by atoms with Gasteiger partial charge in [0.1, 0.15) is 5.01 Å². The number of anilines is 2. The number of benzene rings is 1. The first-order chi connectivity index (χ1) is 16.0. The summed E-state index contributed by atoms with van der Waals surface area (Å²) < 4.78 is 0. The second-order valence-electron chi connectivity index (χ2n) is 7.64. The Bertz CT molecular complexity index is 1250. The minimum atomic E-state index is -0.0138. The molecule has 1 aromatic carbocycles. The number of hydrogen-bond acceptors (Lipinski definition) is 7. The van der Waals surface area contributed by atoms with Crippen molar-refractivity contribution in [1.29, 1.82) is 0 Å². The summed E-state index contributed by atoms with van der Waals surface area (Å²) in [5.74, 6) is 0.519. The van der Waals surface area contributed by atoms with E-state index >= 15 is 0 Å². The highest BCUT2D eigenvalue weighted by molar-refractivity contribution is 7.18. The minimum absolute atomic E-state index is 0.0138. The van der Waals surface area contributed by atoms with E-state index in [1.54, 1.807) is 17.5 Å². The van der Waals surface area contributed by atoms with Gasteiger partial charge >= 0.3 is 0 Å². The van der Waals surface area contributed by atoms with Crippen molar-refractivity contribution in [3.8, 4) is 21.1 Å². The van der Waals surface area contributed by atoms with Crippen LogP contribution in [0, 0.1) is 6.92 Å². The zero-order valence-electron chi connectivity index (χ0n) is 18.9. The first-order valence-corrected chi connectivity index (χ1v) is 11.7. The molecule has 0 saturated carbocycles. The predicted octanol–water partition coefficient (Wildman–Crippen LogP) is 4.96. The Kier molecular flexibility index (Phi) is 7.04. The maximum absolute atomic E-state index is 11.0. The summed E-state index contributed by atoms with van der Waals surface area (Å²) in [6.45, 7) is 6.26. The number of pyridine rings is 1. The molecule has 0 bridgehead atoms. The van der Waals surface area contributed by atoms with Gasteiger partial charge in [0.2, 0.25) is 11.9 Å². The van der Waals surface area contributed by atoms with Gasteiger partial charge in [0.05, 0.1) is 16.3 Å². The van der Waals surface area contributed by atoms with Gasteiger partial charge in [-0.25, -0.2) is 15.0 Å². The van der Waals surface area contributed by atoms with Gasteiger partial charge < -0.3 is 10.6 Å². The average molecular weight is 459 g/mol. The molecule has 4 rings (SSSR count). The number of hydrogen-bond donors (Lipinski definition) is 2. The lowest BCUT2D eigenvalue weighted by Crippen LogP contribution is -2.22. The van der Waals surface area contributed by atoms with Crippen LogP contribution in [0.5, 0.6) is 0 Å². The molecular formula is C25H26N6OS. The van der Waals surface area contributed by atoms with Crippen LogP contribution in [0.3, 0.4) is 0 Å². The molecule has 168 valence electrons. The lowest BCUT2D eigenvalue weighted by molar-refractivity contribution is -0.118. The molecule has 0 saturated heterocycles. The quantitative estimate of drug-likeness (QED) is 0.388. The fourth-order valence-electron chi connectivity index (χ4n) is 3.37. The third-order valence-electron chi connectivity index (χ3n) is 5.11. The van der Waals surface area contributed by atoms with Crippen molar-refractivity contribution >= 4 is 28.9 Å². The summed E-state index contributed by atoms with van der Waals surface area (Å²) in [5.41, 5.74) is 5.97. The second kappa shape index (κ2) is 10.3. The number of aromatic nitrogens is 4. The molecule has 0 aliphatic heterocycles. The molecule has 0 unspecified atom stereocenters. The van der Waals surface area contributed by atoms with Gasteiger partial charge in [0.15, 0.2) is 0 Å². The minimum Gasteiger partial charge on any atom is -0.356 e. The van der Waals surface area contributed by atoms with Gasteiger partial charge in [-0.1, -0.05) is 19.1 Å². The topological polar surface area (TPSA) is 92.7 Å². The van der Waals surface area contributed by atoms with Crippen LogP contribution in [0.2, 0.25) is 0 Å². The van der Waals surface area contributed by atoms with E-state index < -0.39 is 0 Å². The van der Waals surface area contributed by atoms with Crippen LogP contribution in [0.4, 0.5) is 11.6 Å². The Morgan fingerprint density at radius 2 is 1.82 bits per heavy atom. The van der Waals surface area contributed by atoms with Crippen LogP contribution in [0.1, 0.15) is 30.8 Å². The number of thiazole rings is 1. The first kappa shape index (κ1) is 22.5. The summed E-state index contributed by atoms with van der Waals surface area (Å²) in [6, 6.07) is 14.0. The third-order valence-corrected chi connectivity index (χ3v) is 6.34. The molecule has 0 aliphatic rings. The summed E-state index contributed by atoms with van der Waals surface area (Å²) in [5, 5.41) is 7.04. The molecule has 0 atom stereocenters. The zero-order valence-corrected chi connectivity index (χ0v) is 19.7. The Labute approximate surface area is 197 Å². The number of carbonyl (C=O) groups is 1. The Balaban J connectivity index is 1.49. The Morgan fingerprint density at radius 1 is 1.03 bits per heavy atom. The molecule has 2 N–H and O–H groups in total. The van der Waals surface area contributed by atoms with Crippen molar-refractivity contribution in [1.82, 2.24) is 25.3 Å². The summed E-state index contributed by atoms with van der Waals surface area (Å²) in [4.78, 5) is 30.3. The van der Waals surface area contributed by atoms with E-state index in [0.29, 0.717) is 12.5 Å². The summed E-state index contributed by atoms with van der Waals surface area (Å²) in [6.07, 6.45) is 5.27. The van der Waals surface area contributed by atoms with Gasteiger partial charge in [-0.2, -0.15) is 0 Å². The van der Waals surface area contributed by atoms with Crippen LogP contribution >= 0.6 is 11.3 Å². The van der Waals surface area contributed by atoms with Crippen molar-refractivity contribution in [2.45, 2.75) is 33.6 Å². The van der Waals surface area contributed by atoms with Gasteiger partial charge in [0, 0.05) is 42.8 Å². The number of amides is 1. The van der Waals surface area contributed by atoms with E-state index in [0.717, 1.165) is 56.6 Å². The predicted molar refractivity (Wildman–Crippen MR) is 133 cm³/mol. The highest BCUT2D eigenvalue weighted by atomic mass is 32.1. The number of nitrogens with one attached hydrogen (secondary N) is 2. The molecule has 0 aliphatic carbocycles. The molecular weight excluding hydrogens is 432 g/mol. The van der Waals surface area contributed by atoms with E-state index in [2.05, 4.69) is 33.6 Å². The SMILES string of the molecule is CCc1cc(-c2nc(C)c(-c3ccnc(Nc4ccc(CCNC(C)=O)cc4)n3)s2)ccn1. The fraction of sp³-hybridized carbons (Fsp3) is 0.240. The van der Waals surface area contributed by atoms with Gasteiger partial charge in [-0.05, 0) is 55.7 Å². The molecule has 3 heterocycles. The van der Waals surface area contributed by atoms with Crippen molar-refractivity contribution in [3.05, 3.63) is 71.8 Å². The molecule has 0 spiro atoms.